The number of imidazole rings is 1. The number of fused-ring (bicyclic) bond motifs is 1. The number of hydrogen-bond donors (Lipinski definition) is 2. The zero-order valence-corrected chi connectivity index (χ0v) is 15.8. The predicted octanol–water partition coefficient (Wildman–Crippen LogP) is 0.0981. The van der Waals surface area contributed by atoms with E-state index >= 15 is 0 Å². The molecule has 9 heteroatoms. The molecule has 2 aromatic heterocycles. The van der Waals surface area contributed by atoms with Crippen LogP contribution < -0.4 is 11.2 Å². The van der Waals surface area contributed by atoms with Gasteiger partial charge < -0.3 is 14.6 Å². The number of aryl methyl sites for hydroxylation is 3. The van der Waals surface area contributed by atoms with Crippen LogP contribution in [0.25, 0.3) is 11.0 Å². The van der Waals surface area contributed by atoms with Crippen molar-refractivity contribution in [2.45, 2.75) is 26.0 Å². The molecule has 9 nitrogen and oxygen atoms in total. The van der Waals surface area contributed by atoms with Crippen LogP contribution in [0.1, 0.15) is 27.8 Å². The molecule has 0 aliphatic carbocycles. The molecule has 1 fully saturated rings. The monoisotopic (exact) mass is 383 g/mol. The number of carbonyl (C=O) groups excluding carboxylic acids is 1. The van der Waals surface area contributed by atoms with Crippen LogP contribution in [0.3, 0.4) is 0 Å². The number of aliphatic hydroxyl groups excluding tert-OH is 1. The molecule has 1 aromatic carbocycles. The Morgan fingerprint density at radius 2 is 2.00 bits per heavy atom. The van der Waals surface area contributed by atoms with E-state index in [1.54, 1.807) is 19.1 Å². The number of rotatable bonds is 2. The first-order chi connectivity index (χ1) is 13.3. The van der Waals surface area contributed by atoms with Crippen molar-refractivity contribution in [3.05, 3.63) is 62.2 Å². The lowest BCUT2D eigenvalue weighted by atomic mass is 10.1. The van der Waals surface area contributed by atoms with Crippen molar-refractivity contribution in [3.8, 4) is 0 Å². The summed E-state index contributed by atoms with van der Waals surface area (Å²) in [6, 6.07) is 4.71. The quantitative estimate of drug-likeness (QED) is 0.652. The van der Waals surface area contributed by atoms with E-state index in [1.807, 2.05) is 24.6 Å². The van der Waals surface area contributed by atoms with Gasteiger partial charge in [-0.25, -0.2) is 9.78 Å². The zero-order chi connectivity index (χ0) is 20.2. The molecule has 1 amide bonds. The van der Waals surface area contributed by atoms with Gasteiger partial charge in [0.1, 0.15) is 5.82 Å². The Morgan fingerprint density at radius 1 is 1.25 bits per heavy atom. The smallest absolute Gasteiger partial charge is 0.328 e. The van der Waals surface area contributed by atoms with Crippen molar-refractivity contribution >= 4 is 16.9 Å². The number of β-amino-alcohol motifs (C(OH)–C–C–N with tert-alkyl or cyclic N) is 1. The first-order valence-electron chi connectivity index (χ1n) is 8.98. The third-order valence-electron chi connectivity index (χ3n) is 5.40. The third-order valence-corrected chi connectivity index (χ3v) is 5.40. The van der Waals surface area contributed by atoms with Gasteiger partial charge in [0.15, 0.2) is 0 Å². The molecule has 1 saturated heterocycles. The van der Waals surface area contributed by atoms with Crippen molar-refractivity contribution in [1.29, 1.82) is 0 Å². The van der Waals surface area contributed by atoms with Crippen molar-refractivity contribution in [2.24, 2.45) is 7.05 Å². The highest BCUT2D eigenvalue weighted by molar-refractivity contribution is 5.97. The van der Waals surface area contributed by atoms with Gasteiger partial charge in [0.05, 0.1) is 23.2 Å². The van der Waals surface area contributed by atoms with Gasteiger partial charge in [-0.05, 0) is 32.0 Å². The number of hydrogen-bond acceptors (Lipinski definition) is 5. The molecular formula is C19H21N5O4. The Kier molecular flexibility index (Phi) is 4.19. The van der Waals surface area contributed by atoms with Crippen LogP contribution in [0.15, 0.2) is 34.0 Å². The molecule has 2 N–H and O–H groups in total. The summed E-state index contributed by atoms with van der Waals surface area (Å²) in [6.07, 6.45) is 0.513. The minimum atomic E-state index is -0.909. The summed E-state index contributed by atoms with van der Waals surface area (Å²) in [4.78, 5) is 44.9. The van der Waals surface area contributed by atoms with E-state index in [0.29, 0.717) is 11.1 Å². The molecule has 1 aliphatic heterocycles. The number of aromatic amines is 1. The topological polar surface area (TPSA) is 113 Å². The molecule has 28 heavy (non-hydrogen) atoms. The summed E-state index contributed by atoms with van der Waals surface area (Å²) in [5.74, 6) is 0.616. The van der Waals surface area contributed by atoms with Crippen LogP contribution in [0.4, 0.5) is 0 Å². The summed E-state index contributed by atoms with van der Waals surface area (Å²) in [5.41, 5.74) is 1.45. The van der Waals surface area contributed by atoms with E-state index in [1.165, 1.54) is 15.7 Å². The van der Waals surface area contributed by atoms with Gasteiger partial charge >= 0.3 is 5.69 Å². The number of likely N-dealkylation sites (tertiary alicyclic amines) is 1. The first-order valence-corrected chi connectivity index (χ1v) is 8.98. The normalized spacial score (nSPS) is 19.5. The molecule has 0 bridgehead atoms. The molecule has 0 saturated carbocycles. The minimum absolute atomic E-state index is 0.105. The van der Waals surface area contributed by atoms with E-state index in [-0.39, 0.29) is 19.0 Å². The molecule has 3 heterocycles. The summed E-state index contributed by atoms with van der Waals surface area (Å²) in [6.45, 7) is 3.76. The van der Waals surface area contributed by atoms with Crippen LogP contribution in [-0.4, -0.2) is 54.2 Å². The Balaban J connectivity index is 1.63. The summed E-state index contributed by atoms with van der Waals surface area (Å²) < 4.78 is 3.24. The maximum Gasteiger partial charge on any atom is 0.328 e. The van der Waals surface area contributed by atoms with Gasteiger partial charge in [-0.2, -0.15) is 0 Å². The lowest BCUT2D eigenvalue weighted by Gasteiger charge is -2.18. The molecule has 4 rings (SSSR count). The number of nitrogens with one attached hydrogen (secondary N) is 1. The van der Waals surface area contributed by atoms with Crippen LogP contribution in [0.5, 0.6) is 0 Å². The SMILES string of the molecule is Cc1cn([C@@H]2CN(C(=O)c3ccc4c(c3)nc(C)n4C)C[C@H]2O)c(=O)[nH]c1=O. The van der Waals surface area contributed by atoms with Gasteiger partial charge in [-0.15, -0.1) is 0 Å². The predicted molar refractivity (Wildman–Crippen MR) is 102 cm³/mol. The maximum atomic E-state index is 12.9. The van der Waals surface area contributed by atoms with Crippen LogP contribution in [-0.2, 0) is 7.05 Å². The molecule has 0 spiro atoms. The molecule has 2 atom stereocenters. The fraction of sp³-hybridized carbons (Fsp3) is 0.368. The zero-order valence-electron chi connectivity index (χ0n) is 15.8. The Morgan fingerprint density at radius 3 is 2.75 bits per heavy atom. The molecule has 3 aromatic rings. The summed E-state index contributed by atoms with van der Waals surface area (Å²) in [5, 5.41) is 10.4. The van der Waals surface area contributed by atoms with E-state index in [4.69, 9.17) is 0 Å². The average molecular weight is 383 g/mol. The standard InChI is InChI=1S/C19H21N5O4/c1-10-7-24(19(28)21-17(10)26)15-8-23(9-16(15)25)18(27)12-4-5-14-13(6-12)20-11(2)22(14)3/h4-7,15-16,25H,8-9H2,1-3H3,(H,21,26,28)/t15-,16-/m1/s1. The van der Waals surface area contributed by atoms with Crippen molar-refractivity contribution in [3.63, 3.8) is 0 Å². The van der Waals surface area contributed by atoms with Crippen molar-refractivity contribution < 1.29 is 9.90 Å². The second-order valence-electron chi connectivity index (χ2n) is 7.25. The van der Waals surface area contributed by atoms with E-state index in [9.17, 15) is 19.5 Å². The number of amides is 1. The number of aromatic nitrogens is 4. The molecule has 146 valence electrons. The second-order valence-corrected chi connectivity index (χ2v) is 7.25. The van der Waals surface area contributed by atoms with E-state index in [0.717, 1.165) is 16.9 Å². The van der Waals surface area contributed by atoms with Gasteiger partial charge in [0.2, 0.25) is 0 Å². The minimum Gasteiger partial charge on any atom is -0.389 e. The number of H-pyrrole nitrogens is 1. The maximum absolute atomic E-state index is 12.9. The Bertz CT molecular complexity index is 1210. The second kappa shape index (κ2) is 6.45. The van der Waals surface area contributed by atoms with Crippen LogP contribution in [0, 0.1) is 13.8 Å². The Labute approximate surface area is 159 Å². The van der Waals surface area contributed by atoms with Gasteiger partial charge in [0, 0.05) is 37.5 Å². The first kappa shape index (κ1) is 18.2. The Hall–Kier alpha value is -3.20. The van der Waals surface area contributed by atoms with Crippen LogP contribution >= 0.6 is 0 Å². The van der Waals surface area contributed by atoms with Gasteiger partial charge in [-0.3, -0.25) is 19.1 Å². The van der Waals surface area contributed by atoms with Gasteiger partial charge in [0.25, 0.3) is 11.5 Å². The molecular weight excluding hydrogens is 362 g/mol. The van der Waals surface area contributed by atoms with E-state index in [2.05, 4.69) is 9.97 Å². The fourth-order valence-corrected chi connectivity index (χ4v) is 3.68. The molecule has 0 unspecified atom stereocenters. The highest BCUT2D eigenvalue weighted by atomic mass is 16.3. The fourth-order valence-electron chi connectivity index (χ4n) is 3.68. The summed E-state index contributed by atoms with van der Waals surface area (Å²) >= 11 is 0. The molecule has 0 radical (unpaired) electrons. The third kappa shape index (κ3) is 2.84. The summed E-state index contributed by atoms with van der Waals surface area (Å²) in [7, 11) is 1.91. The number of aliphatic hydroxyl groups is 1. The number of carbonyl (C=O) groups is 1. The molecule has 1 aliphatic rings. The largest absolute Gasteiger partial charge is 0.389 e. The number of benzene rings is 1. The lowest BCUT2D eigenvalue weighted by molar-refractivity contribution is 0.0765. The van der Waals surface area contributed by atoms with E-state index < -0.39 is 23.4 Å². The average Bonchev–Trinajstić information content (AvgIpc) is 3.17. The van der Waals surface area contributed by atoms with Gasteiger partial charge in [-0.1, -0.05) is 0 Å². The van der Waals surface area contributed by atoms with Crippen molar-refractivity contribution in [1.82, 2.24) is 24.0 Å². The number of nitrogens with zero attached hydrogens (tertiary/aromatic N) is 4. The lowest BCUT2D eigenvalue weighted by Crippen LogP contribution is -2.37. The highest BCUT2D eigenvalue weighted by Gasteiger charge is 2.36. The van der Waals surface area contributed by atoms with Crippen molar-refractivity contribution in [2.75, 3.05) is 13.1 Å². The highest BCUT2D eigenvalue weighted by Crippen LogP contribution is 2.24. The van der Waals surface area contributed by atoms with Crippen LogP contribution in [0.2, 0.25) is 0 Å².